The van der Waals surface area contributed by atoms with E-state index in [1.54, 1.807) is 0 Å². The molecule has 5 heteroatoms. The van der Waals surface area contributed by atoms with Crippen molar-refractivity contribution in [1.82, 2.24) is 15.5 Å². The number of hydrogen-bond acceptors (Lipinski definition) is 3. The SMILES string of the molecule is CCN(CC)C(=O)CCNCC(=O)NC1CCCCC1. The fourth-order valence-electron chi connectivity index (χ4n) is 2.66. The summed E-state index contributed by atoms with van der Waals surface area (Å²) < 4.78 is 0. The van der Waals surface area contributed by atoms with Crippen LogP contribution in [-0.2, 0) is 9.59 Å². The van der Waals surface area contributed by atoms with Gasteiger partial charge in [-0.2, -0.15) is 0 Å². The topological polar surface area (TPSA) is 61.4 Å². The number of nitrogens with one attached hydrogen (secondary N) is 2. The Hall–Kier alpha value is -1.10. The van der Waals surface area contributed by atoms with Crippen LogP contribution in [0.1, 0.15) is 52.4 Å². The lowest BCUT2D eigenvalue weighted by Crippen LogP contribution is -2.42. The highest BCUT2D eigenvalue weighted by Crippen LogP contribution is 2.16. The van der Waals surface area contributed by atoms with E-state index in [4.69, 9.17) is 0 Å². The molecule has 1 aliphatic carbocycles. The normalized spacial score (nSPS) is 15.9. The van der Waals surface area contributed by atoms with E-state index in [0.29, 0.717) is 25.6 Å². The van der Waals surface area contributed by atoms with Crippen molar-refractivity contribution < 1.29 is 9.59 Å². The van der Waals surface area contributed by atoms with Crippen molar-refractivity contribution in [3.63, 3.8) is 0 Å². The zero-order chi connectivity index (χ0) is 14.8. The van der Waals surface area contributed by atoms with Crippen molar-refractivity contribution in [1.29, 1.82) is 0 Å². The van der Waals surface area contributed by atoms with Crippen LogP contribution >= 0.6 is 0 Å². The van der Waals surface area contributed by atoms with E-state index >= 15 is 0 Å². The van der Waals surface area contributed by atoms with Gasteiger partial charge >= 0.3 is 0 Å². The Balaban J connectivity index is 2.08. The lowest BCUT2D eigenvalue weighted by molar-refractivity contribution is -0.131. The molecule has 0 aromatic heterocycles. The monoisotopic (exact) mass is 283 g/mol. The van der Waals surface area contributed by atoms with Gasteiger partial charge in [-0.3, -0.25) is 9.59 Å². The Morgan fingerprint density at radius 2 is 1.75 bits per heavy atom. The molecule has 0 spiro atoms. The first-order valence-electron chi connectivity index (χ1n) is 7.95. The van der Waals surface area contributed by atoms with Gasteiger partial charge in [-0.25, -0.2) is 0 Å². The van der Waals surface area contributed by atoms with Gasteiger partial charge in [0.25, 0.3) is 0 Å². The molecule has 0 radical (unpaired) electrons. The van der Waals surface area contributed by atoms with E-state index in [1.165, 1.54) is 19.3 Å². The Morgan fingerprint density at radius 1 is 1.10 bits per heavy atom. The second-order valence-corrected chi connectivity index (χ2v) is 5.40. The molecule has 1 aliphatic rings. The lowest BCUT2D eigenvalue weighted by atomic mass is 9.95. The number of carbonyl (C=O) groups excluding carboxylic acids is 2. The number of amides is 2. The molecule has 5 nitrogen and oxygen atoms in total. The zero-order valence-corrected chi connectivity index (χ0v) is 12.9. The molecule has 20 heavy (non-hydrogen) atoms. The molecule has 0 bridgehead atoms. The highest BCUT2D eigenvalue weighted by Gasteiger charge is 2.15. The van der Waals surface area contributed by atoms with Crippen LogP contribution in [0.4, 0.5) is 0 Å². The zero-order valence-electron chi connectivity index (χ0n) is 12.9. The summed E-state index contributed by atoms with van der Waals surface area (Å²) in [6, 6.07) is 0.357. The molecule has 116 valence electrons. The summed E-state index contributed by atoms with van der Waals surface area (Å²) in [7, 11) is 0. The molecular formula is C15H29N3O2. The molecule has 0 heterocycles. The number of rotatable bonds is 8. The highest BCUT2D eigenvalue weighted by molar-refractivity contribution is 5.78. The summed E-state index contributed by atoms with van der Waals surface area (Å²) in [5.74, 6) is 0.197. The van der Waals surface area contributed by atoms with Crippen LogP contribution in [0.25, 0.3) is 0 Å². The third kappa shape index (κ3) is 6.37. The van der Waals surface area contributed by atoms with Gasteiger partial charge in [-0.05, 0) is 26.7 Å². The number of carbonyl (C=O) groups is 2. The lowest BCUT2D eigenvalue weighted by Gasteiger charge is -2.23. The predicted octanol–water partition coefficient (Wildman–Crippen LogP) is 1.28. The van der Waals surface area contributed by atoms with E-state index in [1.807, 2.05) is 18.7 Å². The molecule has 1 fully saturated rings. The molecule has 0 aliphatic heterocycles. The van der Waals surface area contributed by atoms with Crippen molar-refractivity contribution in [2.24, 2.45) is 0 Å². The van der Waals surface area contributed by atoms with Crippen molar-refractivity contribution in [3.8, 4) is 0 Å². The van der Waals surface area contributed by atoms with Crippen LogP contribution in [0.3, 0.4) is 0 Å². The maximum Gasteiger partial charge on any atom is 0.234 e. The Bertz CT molecular complexity index is 297. The fourth-order valence-corrected chi connectivity index (χ4v) is 2.66. The molecule has 0 atom stereocenters. The summed E-state index contributed by atoms with van der Waals surface area (Å²) in [4.78, 5) is 25.3. The molecule has 0 aromatic carbocycles. The molecule has 1 saturated carbocycles. The van der Waals surface area contributed by atoms with Crippen molar-refractivity contribution in [3.05, 3.63) is 0 Å². The van der Waals surface area contributed by atoms with E-state index in [0.717, 1.165) is 25.9 Å². The molecule has 0 unspecified atom stereocenters. The first-order valence-corrected chi connectivity index (χ1v) is 7.95. The van der Waals surface area contributed by atoms with Gasteiger partial charge in [-0.1, -0.05) is 19.3 Å². The molecule has 2 N–H and O–H groups in total. The highest BCUT2D eigenvalue weighted by atomic mass is 16.2. The first kappa shape index (κ1) is 17.0. The Labute approximate surface area is 122 Å². The number of hydrogen-bond donors (Lipinski definition) is 2. The second-order valence-electron chi connectivity index (χ2n) is 5.40. The summed E-state index contributed by atoms with van der Waals surface area (Å²) in [6.07, 6.45) is 6.39. The van der Waals surface area contributed by atoms with Gasteiger partial charge < -0.3 is 15.5 Å². The van der Waals surface area contributed by atoms with Gasteiger partial charge in [0, 0.05) is 32.1 Å². The summed E-state index contributed by atoms with van der Waals surface area (Å²) in [5.41, 5.74) is 0. The summed E-state index contributed by atoms with van der Waals surface area (Å²) >= 11 is 0. The van der Waals surface area contributed by atoms with Crippen LogP contribution in [0.5, 0.6) is 0 Å². The van der Waals surface area contributed by atoms with Gasteiger partial charge in [0.15, 0.2) is 0 Å². The maximum atomic E-state index is 11.8. The molecule has 1 rings (SSSR count). The average molecular weight is 283 g/mol. The van der Waals surface area contributed by atoms with Gasteiger partial charge in [-0.15, -0.1) is 0 Å². The Morgan fingerprint density at radius 3 is 2.35 bits per heavy atom. The Kier molecular flexibility index (Phi) is 8.26. The van der Waals surface area contributed by atoms with E-state index in [2.05, 4.69) is 10.6 Å². The molecular weight excluding hydrogens is 254 g/mol. The standard InChI is InChI=1S/C15H29N3O2/c1-3-18(4-2)15(20)10-11-16-12-14(19)17-13-8-6-5-7-9-13/h13,16H,3-12H2,1-2H3,(H,17,19). The van der Waals surface area contributed by atoms with Gasteiger partial charge in [0.2, 0.25) is 11.8 Å². The minimum Gasteiger partial charge on any atom is -0.352 e. The third-order valence-corrected chi connectivity index (χ3v) is 3.89. The number of nitrogens with zero attached hydrogens (tertiary/aromatic N) is 1. The minimum absolute atomic E-state index is 0.0483. The summed E-state index contributed by atoms with van der Waals surface area (Å²) in [6.45, 7) is 6.32. The van der Waals surface area contributed by atoms with Crippen LogP contribution in [0.15, 0.2) is 0 Å². The maximum absolute atomic E-state index is 11.8. The van der Waals surface area contributed by atoms with Gasteiger partial charge in [0.1, 0.15) is 0 Å². The smallest absolute Gasteiger partial charge is 0.234 e. The van der Waals surface area contributed by atoms with Crippen LogP contribution in [0, 0.1) is 0 Å². The van der Waals surface area contributed by atoms with Crippen LogP contribution < -0.4 is 10.6 Å². The summed E-state index contributed by atoms with van der Waals surface area (Å²) in [5, 5.41) is 6.10. The van der Waals surface area contributed by atoms with Crippen LogP contribution in [-0.4, -0.2) is 48.9 Å². The van der Waals surface area contributed by atoms with E-state index in [-0.39, 0.29) is 11.8 Å². The van der Waals surface area contributed by atoms with E-state index in [9.17, 15) is 9.59 Å². The average Bonchev–Trinajstić information content (AvgIpc) is 2.46. The molecule has 0 aromatic rings. The largest absolute Gasteiger partial charge is 0.352 e. The van der Waals surface area contributed by atoms with Crippen LogP contribution in [0.2, 0.25) is 0 Å². The van der Waals surface area contributed by atoms with Crippen molar-refractivity contribution in [2.45, 2.75) is 58.4 Å². The minimum atomic E-state index is 0.0483. The third-order valence-electron chi connectivity index (χ3n) is 3.89. The van der Waals surface area contributed by atoms with Gasteiger partial charge in [0.05, 0.1) is 6.54 Å². The second kappa shape index (κ2) is 9.75. The predicted molar refractivity (Wildman–Crippen MR) is 80.4 cm³/mol. The van der Waals surface area contributed by atoms with Crippen molar-refractivity contribution >= 4 is 11.8 Å². The first-order chi connectivity index (χ1) is 9.67. The molecule has 2 amide bonds. The quantitative estimate of drug-likeness (QED) is 0.660. The fraction of sp³-hybridized carbons (Fsp3) is 0.867. The van der Waals surface area contributed by atoms with Crippen molar-refractivity contribution in [2.75, 3.05) is 26.2 Å². The van der Waals surface area contributed by atoms with E-state index < -0.39 is 0 Å². The molecule has 0 saturated heterocycles.